The Morgan fingerprint density at radius 3 is 2.02 bits per heavy atom. The Bertz CT molecular complexity index is 2010. The lowest BCUT2D eigenvalue weighted by Gasteiger charge is -2.30. The Kier molecular flexibility index (Phi) is 11.1. The second-order valence-electron chi connectivity index (χ2n) is 13.5. The van der Waals surface area contributed by atoms with Crippen molar-refractivity contribution in [2.24, 2.45) is 5.92 Å². The average molecular weight is 722 g/mol. The Balaban J connectivity index is 1.14. The van der Waals surface area contributed by atoms with E-state index in [0.717, 1.165) is 59.3 Å². The molecule has 0 bridgehead atoms. The predicted octanol–water partition coefficient (Wildman–Crippen LogP) is 5.07. The number of ether oxygens (including phenoxy) is 2. The van der Waals surface area contributed by atoms with Crippen LogP contribution in [0.15, 0.2) is 54.9 Å². The van der Waals surface area contributed by atoms with Crippen molar-refractivity contribution in [3.8, 4) is 39.7 Å². The fourth-order valence-corrected chi connectivity index (χ4v) is 7.05. The number of H-pyrrole nitrogens is 2. The first-order valence-electron chi connectivity index (χ1n) is 17.6. The van der Waals surface area contributed by atoms with Gasteiger partial charge in [-0.05, 0) is 54.4 Å². The number of aromatic amines is 2. The number of amides is 4. The first-order valence-corrected chi connectivity index (χ1v) is 17.6. The monoisotopic (exact) mass is 721 g/mol. The Hall–Kier alpha value is -6.17. The molecule has 0 aliphatic carbocycles. The van der Waals surface area contributed by atoms with E-state index in [9.17, 15) is 24.4 Å². The number of carbonyl (C=O) groups excluding carboxylic acids is 4. The molecule has 4 heterocycles. The summed E-state index contributed by atoms with van der Waals surface area (Å²) in [7, 11) is 2.52. The molecule has 2 saturated heterocycles. The van der Waals surface area contributed by atoms with Crippen molar-refractivity contribution in [1.82, 2.24) is 40.4 Å². The van der Waals surface area contributed by atoms with Gasteiger partial charge in [-0.1, -0.05) is 50.2 Å². The number of methoxy groups -OCH3 is 2. The van der Waals surface area contributed by atoms with E-state index < -0.39 is 18.2 Å². The third kappa shape index (κ3) is 7.86. The minimum Gasteiger partial charge on any atom is -0.453 e. The molecule has 4 N–H and O–H groups in total. The number of hydrogen-bond acceptors (Lipinski definition) is 9. The second-order valence-corrected chi connectivity index (χ2v) is 13.5. The fourth-order valence-electron chi connectivity index (χ4n) is 7.05. The maximum Gasteiger partial charge on any atom is 0.407 e. The topological polar surface area (TPSA) is 198 Å². The average Bonchev–Trinajstić information content (AvgIpc) is 4.02. The van der Waals surface area contributed by atoms with Crippen LogP contribution in [0.25, 0.3) is 33.6 Å². The summed E-state index contributed by atoms with van der Waals surface area (Å²) in [6.45, 7) is 4.74. The Morgan fingerprint density at radius 1 is 0.849 bits per heavy atom. The van der Waals surface area contributed by atoms with Gasteiger partial charge >= 0.3 is 12.2 Å². The first kappa shape index (κ1) is 36.6. The number of carbonyl (C=O) groups is 4. The van der Waals surface area contributed by atoms with E-state index in [1.807, 2.05) is 56.3 Å². The summed E-state index contributed by atoms with van der Waals surface area (Å²) in [4.78, 5) is 69.1. The summed E-state index contributed by atoms with van der Waals surface area (Å²) in [5, 5.41) is 15.2. The Morgan fingerprint density at radius 2 is 1.42 bits per heavy atom. The first-order chi connectivity index (χ1) is 25.6. The molecule has 2 fully saturated rings. The van der Waals surface area contributed by atoms with Crippen LogP contribution in [0.4, 0.5) is 9.59 Å². The number of benzene rings is 2. The number of aromatic nitrogens is 4. The molecular weight excluding hydrogens is 678 g/mol. The van der Waals surface area contributed by atoms with Gasteiger partial charge in [0, 0.05) is 18.7 Å². The molecular formula is C38H43N9O6. The Labute approximate surface area is 307 Å². The van der Waals surface area contributed by atoms with Gasteiger partial charge in [-0.25, -0.2) is 19.6 Å². The number of imidazole rings is 2. The lowest BCUT2D eigenvalue weighted by Crippen LogP contribution is -2.51. The van der Waals surface area contributed by atoms with E-state index in [4.69, 9.17) is 4.74 Å². The van der Waals surface area contributed by atoms with Crippen molar-refractivity contribution in [2.45, 2.75) is 57.7 Å². The number of nitrogens with zero attached hydrogens (tertiary/aromatic N) is 5. The molecule has 15 heteroatoms. The number of nitrogens with one attached hydrogen (secondary N) is 4. The number of alkyl carbamates (subject to hydrolysis) is 2. The quantitative estimate of drug-likeness (QED) is 0.173. The summed E-state index contributed by atoms with van der Waals surface area (Å²) >= 11 is 0. The minimum absolute atomic E-state index is 0.124. The van der Waals surface area contributed by atoms with Crippen molar-refractivity contribution in [2.75, 3.05) is 33.9 Å². The van der Waals surface area contributed by atoms with E-state index in [-0.39, 0.29) is 36.4 Å². The van der Waals surface area contributed by atoms with Crippen LogP contribution < -0.4 is 10.6 Å². The maximum atomic E-state index is 13.5. The summed E-state index contributed by atoms with van der Waals surface area (Å²) in [5.41, 5.74) is 5.35. The minimum atomic E-state index is -0.710. The van der Waals surface area contributed by atoms with E-state index in [0.29, 0.717) is 30.3 Å². The molecule has 3 atom stereocenters. The highest BCUT2D eigenvalue weighted by Gasteiger charge is 2.37. The summed E-state index contributed by atoms with van der Waals surface area (Å²) in [6.07, 6.45) is 5.28. The van der Waals surface area contributed by atoms with Crippen LogP contribution in [0.5, 0.6) is 0 Å². The van der Waals surface area contributed by atoms with Crippen molar-refractivity contribution in [3.63, 3.8) is 0 Å². The van der Waals surface area contributed by atoms with Crippen LogP contribution >= 0.6 is 0 Å². The van der Waals surface area contributed by atoms with E-state index >= 15 is 0 Å². The van der Waals surface area contributed by atoms with Crippen LogP contribution in [-0.2, 0) is 19.1 Å². The van der Waals surface area contributed by atoms with Gasteiger partial charge in [-0.3, -0.25) is 9.59 Å². The lowest BCUT2D eigenvalue weighted by molar-refractivity contribution is -0.135. The highest BCUT2D eigenvalue weighted by Crippen LogP contribution is 2.35. The summed E-state index contributed by atoms with van der Waals surface area (Å²) in [5.74, 6) is 0.820. The molecule has 6 rings (SSSR count). The standard InChI is InChI=1S/C38H43N9O6/c1-22(2)33(45-38(51)53-4)36(49)47-16-6-8-31(47)35-40-19-28(43-35)24-11-9-23(10-12-24)27-14-13-25(17-26(27)18-39)29-20-41-34(44-29)30-7-5-15-46(30)32(48)21-42-37(50)52-3/h9-14,17,19-20,22,30-31,33H,5-8,15-16,21H2,1-4H3,(H,40,43)(H,41,44)(H,42,50)(H,45,51)/t30-,31-,33-/m0/s1. The van der Waals surface area contributed by atoms with E-state index in [1.54, 1.807) is 22.2 Å². The molecule has 4 amide bonds. The smallest absolute Gasteiger partial charge is 0.407 e. The van der Waals surface area contributed by atoms with Crippen LogP contribution in [0.3, 0.4) is 0 Å². The van der Waals surface area contributed by atoms with Gasteiger partial charge in [-0.2, -0.15) is 5.26 Å². The van der Waals surface area contributed by atoms with Crippen molar-refractivity contribution < 1.29 is 28.7 Å². The van der Waals surface area contributed by atoms with Gasteiger partial charge < -0.3 is 39.9 Å². The third-order valence-electron chi connectivity index (χ3n) is 9.85. The van der Waals surface area contributed by atoms with Crippen molar-refractivity contribution >= 4 is 24.0 Å². The normalized spacial score (nSPS) is 17.4. The fraction of sp³-hybridized carbons (Fsp3) is 0.395. The molecule has 2 aromatic carbocycles. The van der Waals surface area contributed by atoms with Crippen molar-refractivity contribution in [1.29, 1.82) is 5.26 Å². The zero-order valence-corrected chi connectivity index (χ0v) is 30.1. The second kappa shape index (κ2) is 16.0. The zero-order chi connectivity index (χ0) is 37.6. The largest absolute Gasteiger partial charge is 0.453 e. The highest BCUT2D eigenvalue weighted by molar-refractivity contribution is 5.86. The van der Waals surface area contributed by atoms with Gasteiger partial charge in [0.05, 0.1) is 61.7 Å². The van der Waals surface area contributed by atoms with Crippen LogP contribution in [-0.4, -0.2) is 93.6 Å². The predicted molar refractivity (Wildman–Crippen MR) is 194 cm³/mol. The molecule has 0 spiro atoms. The van der Waals surface area contributed by atoms with Crippen LogP contribution in [0.1, 0.15) is 68.8 Å². The van der Waals surface area contributed by atoms with E-state index in [2.05, 4.69) is 41.4 Å². The molecule has 0 saturated carbocycles. The molecule has 2 aromatic heterocycles. The van der Waals surface area contributed by atoms with Crippen LogP contribution in [0.2, 0.25) is 0 Å². The number of rotatable bonds is 10. The van der Waals surface area contributed by atoms with E-state index in [1.165, 1.54) is 14.2 Å². The van der Waals surface area contributed by atoms with Gasteiger partial charge in [0.25, 0.3) is 0 Å². The molecule has 53 heavy (non-hydrogen) atoms. The molecule has 2 aliphatic heterocycles. The molecule has 0 radical (unpaired) electrons. The number of nitriles is 1. The third-order valence-corrected chi connectivity index (χ3v) is 9.85. The van der Waals surface area contributed by atoms with Gasteiger partial charge in [0.15, 0.2) is 0 Å². The molecule has 0 unspecified atom stereocenters. The van der Waals surface area contributed by atoms with Crippen LogP contribution in [0, 0.1) is 17.2 Å². The lowest BCUT2D eigenvalue weighted by atomic mass is 9.96. The maximum absolute atomic E-state index is 13.5. The zero-order valence-electron chi connectivity index (χ0n) is 30.1. The SMILES string of the molecule is COC(=O)NCC(=O)N1CCC[C@H]1c1ncc(-c2ccc(-c3ccc(-c4cnc([C@@H]5CCCN5C(=O)[C@@H](NC(=O)OC)C(C)C)[nH]4)cc3)c(C#N)c2)[nH]1. The van der Waals surface area contributed by atoms with Gasteiger partial charge in [0.2, 0.25) is 11.8 Å². The molecule has 4 aromatic rings. The van der Waals surface area contributed by atoms with Crippen molar-refractivity contribution in [3.05, 3.63) is 72.1 Å². The van der Waals surface area contributed by atoms with Gasteiger partial charge in [-0.15, -0.1) is 0 Å². The number of hydrogen-bond donors (Lipinski definition) is 4. The van der Waals surface area contributed by atoms with Gasteiger partial charge in [0.1, 0.15) is 24.2 Å². The summed E-state index contributed by atoms with van der Waals surface area (Å²) < 4.78 is 9.31. The highest BCUT2D eigenvalue weighted by atomic mass is 16.5. The molecule has 276 valence electrons. The number of likely N-dealkylation sites (tertiary alicyclic amines) is 2. The molecule has 2 aliphatic rings. The molecule has 15 nitrogen and oxygen atoms in total. The summed E-state index contributed by atoms with van der Waals surface area (Å²) in [6, 6.07) is 14.6.